The number of benzene rings is 2. The van der Waals surface area contributed by atoms with E-state index in [0.29, 0.717) is 27.1 Å². The first kappa shape index (κ1) is 20.7. The van der Waals surface area contributed by atoms with Gasteiger partial charge in [-0.15, -0.1) is 11.3 Å². The van der Waals surface area contributed by atoms with E-state index in [2.05, 4.69) is 26.3 Å². The molecule has 4 aromatic rings. The Morgan fingerprint density at radius 1 is 1.19 bits per heavy atom. The van der Waals surface area contributed by atoms with Gasteiger partial charge < -0.3 is 15.4 Å². The number of fused-ring (bicyclic) bond motifs is 1. The second kappa shape index (κ2) is 8.40. The van der Waals surface area contributed by atoms with Gasteiger partial charge in [-0.1, -0.05) is 11.3 Å². The predicted octanol–water partition coefficient (Wildman–Crippen LogP) is 5.17. The van der Waals surface area contributed by atoms with Crippen LogP contribution in [0, 0.1) is 6.92 Å². The van der Waals surface area contributed by atoms with E-state index in [0.717, 1.165) is 34.6 Å². The van der Waals surface area contributed by atoms with Gasteiger partial charge >= 0.3 is 0 Å². The highest BCUT2D eigenvalue weighted by Gasteiger charge is 2.19. The zero-order valence-corrected chi connectivity index (χ0v) is 19.5. The molecule has 0 atom stereocenters. The van der Waals surface area contributed by atoms with Crippen molar-refractivity contribution < 1.29 is 9.53 Å². The van der Waals surface area contributed by atoms with Crippen LogP contribution in [0.5, 0.6) is 5.75 Å². The fourth-order valence-corrected chi connectivity index (χ4v) is 5.62. The lowest BCUT2D eigenvalue weighted by atomic mass is 10.1. The molecular weight excluding hydrogens is 442 g/mol. The molecule has 1 aliphatic rings. The molecule has 3 N–H and O–H groups in total. The summed E-state index contributed by atoms with van der Waals surface area (Å²) >= 11 is 2.79. The molecule has 2 aromatic carbocycles. The van der Waals surface area contributed by atoms with E-state index in [1.807, 2.05) is 36.6 Å². The van der Waals surface area contributed by atoms with Gasteiger partial charge in [-0.05, 0) is 55.7 Å². The largest absolute Gasteiger partial charge is 0.494 e. The van der Waals surface area contributed by atoms with Crippen molar-refractivity contribution in [2.24, 2.45) is 0 Å². The Hall–Kier alpha value is -3.17. The number of ether oxygens (including phenoxy) is 1. The van der Waals surface area contributed by atoms with E-state index in [4.69, 9.17) is 10.5 Å². The number of nitrogens with zero attached hydrogens (tertiary/aromatic N) is 3. The van der Waals surface area contributed by atoms with Crippen LogP contribution in [0.4, 0.5) is 16.0 Å². The molecule has 164 valence electrons. The lowest BCUT2D eigenvalue weighted by molar-refractivity contribution is 0.102. The molecule has 0 unspecified atom stereocenters. The molecule has 3 heterocycles. The number of rotatable bonds is 5. The summed E-state index contributed by atoms with van der Waals surface area (Å²) in [4.78, 5) is 24.5. The van der Waals surface area contributed by atoms with Crippen LogP contribution >= 0.6 is 22.7 Å². The highest BCUT2D eigenvalue weighted by Crippen LogP contribution is 2.40. The molecular formula is C23H23N5O2S2. The van der Waals surface area contributed by atoms with E-state index in [1.54, 1.807) is 7.11 Å². The van der Waals surface area contributed by atoms with Gasteiger partial charge in [0.2, 0.25) is 0 Å². The SMILES string of the molecule is COc1ccc(-c2csc(N)n2)c2sc(NC(=O)c3ccc(N4CCCC4)cc3C)nc12. The first-order valence-corrected chi connectivity index (χ1v) is 12.1. The van der Waals surface area contributed by atoms with Crippen LogP contribution in [-0.2, 0) is 0 Å². The zero-order chi connectivity index (χ0) is 22.2. The Morgan fingerprint density at radius 2 is 2.00 bits per heavy atom. The maximum Gasteiger partial charge on any atom is 0.257 e. The van der Waals surface area contributed by atoms with Gasteiger partial charge in [-0.3, -0.25) is 10.1 Å². The number of nitrogen functional groups attached to an aromatic ring is 1. The van der Waals surface area contributed by atoms with Gasteiger partial charge in [-0.2, -0.15) is 0 Å². The van der Waals surface area contributed by atoms with Gasteiger partial charge in [0.1, 0.15) is 11.3 Å². The van der Waals surface area contributed by atoms with Crippen molar-refractivity contribution in [2.45, 2.75) is 19.8 Å². The molecule has 32 heavy (non-hydrogen) atoms. The lowest BCUT2D eigenvalue weighted by Crippen LogP contribution is -2.19. The third-order valence-corrected chi connectivity index (χ3v) is 7.35. The normalized spacial score (nSPS) is 13.6. The Bertz CT molecular complexity index is 1310. The summed E-state index contributed by atoms with van der Waals surface area (Å²) in [6, 6.07) is 9.82. The lowest BCUT2D eigenvalue weighted by Gasteiger charge is -2.19. The standard InChI is InChI=1S/C23H23N5O2S2/c1-13-11-14(28-9-3-4-10-28)5-6-15(13)21(29)27-23-26-19-18(30-2)8-7-16(20(19)32-23)17-12-31-22(24)25-17/h5-8,11-12H,3-4,9-10H2,1-2H3,(H2,24,25)(H,26,27,29). The Labute approximate surface area is 193 Å². The van der Waals surface area contributed by atoms with Crippen LogP contribution in [0.15, 0.2) is 35.7 Å². The molecule has 9 heteroatoms. The van der Waals surface area contributed by atoms with Crippen LogP contribution in [0.2, 0.25) is 0 Å². The summed E-state index contributed by atoms with van der Waals surface area (Å²) in [6.07, 6.45) is 2.44. The van der Waals surface area contributed by atoms with Gasteiger partial charge in [0.15, 0.2) is 10.3 Å². The predicted molar refractivity (Wildman–Crippen MR) is 132 cm³/mol. The number of nitrogens with one attached hydrogen (secondary N) is 1. The average Bonchev–Trinajstić information content (AvgIpc) is 3.53. The molecule has 5 rings (SSSR count). The topological polar surface area (TPSA) is 93.4 Å². The summed E-state index contributed by atoms with van der Waals surface area (Å²) in [5, 5.41) is 5.91. The monoisotopic (exact) mass is 465 g/mol. The van der Waals surface area contributed by atoms with Crippen LogP contribution in [-0.4, -0.2) is 36.1 Å². The van der Waals surface area contributed by atoms with Gasteiger partial charge in [0, 0.05) is 35.3 Å². The van der Waals surface area contributed by atoms with E-state index >= 15 is 0 Å². The van der Waals surface area contributed by atoms with Crippen molar-refractivity contribution in [1.82, 2.24) is 9.97 Å². The molecule has 1 saturated heterocycles. The number of aryl methyl sites for hydroxylation is 1. The molecule has 1 aliphatic heterocycles. The number of amides is 1. The fourth-order valence-electron chi connectivity index (χ4n) is 4.05. The molecule has 1 amide bonds. The molecule has 2 aromatic heterocycles. The molecule has 1 fully saturated rings. The van der Waals surface area contributed by atoms with Crippen molar-refractivity contribution in [3.8, 4) is 17.0 Å². The van der Waals surface area contributed by atoms with E-state index in [-0.39, 0.29) is 5.91 Å². The summed E-state index contributed by atoms with van der Waals surface area (Å²) in [6.45, 7) is 4.12. The highest BCUT2D eigenvalue weighted by atomic mass is 32.1. The number of aromatic nitrogens is 2. The number of carbonyl (C=O) groups excluding carboxylic acids is 1. The minimum Gasteiger partial charge on any atom is -0.494 e. The second-order valence-corrected chi connectivity index (χ2v) is 9.62. The van der Waals surface area contributed by atoms with E-state index in [9.17, 15) is 4.79 Å². The molecule has 0 spiro atoms. The second-order valence-electron chi connectivity index (χ2n) is 7.73. The third kappa shape index (κ3) is 3.78. The smallest absolute Gasteiger partial charge is 0.257 e. The number of nitrogens with two attached hydrogens (primary N) is 1. The highest BCUT2D eigenvalue weighted by molar-refractivity contribution is 7.23. The number of hydrogen-bond donors (Lipinski definition) is 2. The van der Waals surface area contributed by atoms with Gasteiger partial charge in [-0.25, -0.2) is 9.97 Å². The van der Waals surface area contributed by atoms with Gasteiger partial charge in [0.25, 0.3) is 5.91 Å². The summed E-state index contributed by atoms with van der Waals surface area (Å²) in [7, 11) is 1.61. The number of anilines is 3. The molecule has 0 saturated carbocycles. The minimum atomic E-state index is -0.173. The first-order valence-electron chi connectivity index (χ1n) is 10.4. The summed E-state index contributed by atoms with van der Waals surface area (Å²) < 4.78 is 6.39. The maximum atomic E-state index is 13.0. The average molecular weight is 466 g/mol. The van der Waals surface area contributed by atoms with Crippen LogP contribution < -0.4 is 20.7 Å². The van der Waals surface area contributed by atoms with Gasteiger partial charge in [0.05, 0.1) is 17.5 Å². The van der Waals surface area contributed by atoms with Crippen LogP contribution in [0.25, 0.3) is 21.5 Å². The Balaban J connectivity index is 1.45. The minimum absolute atomic E-state index is 0.173. The van der Waals surface area contributed by atoms with Crippen molar-refractivity contribution in [3.63, 3.8) is 0 Å². The Kier molecular flexibility index (Phi) is 5.44. The summed E-state index contributed by atoms with van der Waals surface area (Å²) in [5.74, 6) is 0.475. The van der Waals surface area contributed by atoms with E-state index in [1.165, 1.54) is 41.2 Å². The van der Waals surface area contributed by atoms with Crippen molar-refractivity contribution in [2.75, 3.05) is 36.1 Å². The number of hydrogen-bond acceptors (Lipinski definition) is 8. The van der Waals surface area contributed by atoms with Crippen molar-refractivity contribution in [1.29, 1.82) is 0 Å². The van der Waals surface area contributed by atoms with Crippen LogP contribution in [0.3, 0.4) is 0 Å². The quantitative estimate of drug-likeness (QED) is 0.422. The molecule has 0 radical (unpaired) electrons. The van der Waals surface area contributed by atoms with Crippen molar-refractivity contribution >= 4 is 54.7 Å². The molecule has 0 bridgehead atoms. The van der Waals surface area contributed by atoms with Crippen LogP contribution in [0.1, 0.15) is 28.8 Å². The molecule has 7 nitrogen and oxygen atoms in total. The first-order chi connectivity index (χ1) is 15.5. The maximum absolute atomic E-state index is 13.0. The number of carbonyl (C=O) groups is 1. The fraction of sp³-hybridized carbons (Fsp3) is 0.261. The Morgan fingerprint density at radius 3 is 2.69 bits per heavy atom. The third-order valence-electron chi connectivity index (χ3n) is 5.67. The zero-order valence-electron chi connectivity index (χ0n) is 17.8. The number of thiazole rings is 2. The van der Waals surface area contributed by atoms with E-state index < -0.39 is 0 Å². The summed E-state index contributed by atoms with van der Waals surface area (Å²) in [5.41, 5.74) is 11.0. The number of methoxy groups -OCH3 is 1. The van der Waals surface area contributed by atoms with Crippen molar-refractivity contribution in [3.05, 3.63) is 46.8 Å². The molecule has 0 aliphatic carbocycles.